The number of carbonyl (C=O) groups excluding carboxylic acids is 3. The zero-order chi connectivity index (χ0) is 29.6. The van der Waals surface area contributed by atoms with Gasteiger partial charge in [0.05, 0.1) is 32.7 Å². The average molecular weight is 574 g/mol. The molecule has 0 aliphatic carbocycles. The van der Waals surface area contributed by atoms with E-state index in [1.165, 1.54) is 7.11 Å². The lowest BCUT2D eigenvalue weighted by Crippen LogP contribution is -2.45. The van der Waals surface area contributed by atoms with E-state index in [4.69, 9.17) is 18.9 Å². The third-order valence-electron chi connectivity index (χ3n) is 7.47. The zero-order valence-electron chi connectivity index (χ0n) is 24.0. The van der Waals surface area contributed by atoms with Gasteiger partial charge in [0.1, 0.15) is 11.9 Å². The van der Waals surface area contributed by atoms with E-state index in [9.17, 15) is 14.4 Å². The highest BCUT2D eigenvalue weighted by atomic mass is 16.5. The lowest BCUT2D eigenvalue weighted by molar-refractivity contribution is -0.131. The Bertz CT molecular complexity index is 1470. The van der Waals surface area contributed by atoms with Crippen LogP contribution in [0.4, 0.5) is 0 Å². The van der Waals surface area contributed by atoms with E-state index in [1.807, 2.05) is 43.3 Å². The van der Waals surface area contributed by atoms with Gasteiger partial charge in [-0.25, -0.2) is 0 Å². The molecule has 10 heteroatoms. The van der Waals surface area contributed by atoms with Crippen molar-refractivity contribution in [1.82, 2.24) is 15.5 Å². The SMILES string of the molecule is COCCC(=O)N1C[C@@H]2NC(=O)c3ccc(C)c(c3)-c3cccc(c3)OCC(=O)NCc3ccc(c(OC)c3)O[C@H]2C1. The van der Waals surface area contributed by atoms with Gasteiger partial charge in [0.25, 0.3) is 11.8 Å². The number of nitrogens with one attached hydrogen (secondary N) is 2. The van der Waals surface area contributed by atoms with E-state index < -0.39 is 12.1 Å². The number of methoxy groups -OCH3 is 2. The molecule has 3 aromatic carbocycles. The number of rotatable bonds is 4. The van der Waals surface area contributed by atoms with Crippen LogP contribution in [-0.4, -0.2) is 75.3 Å². The monoisotopic (exact) mass is 573 g/mol. The van der Waals surface area contributed by atoms with Gasteiger partial charge >= 0.3 is 0 Å². The van der Waals surface area contributed by atoms with Gasteiger partial charge in [0, 0.05) is 25.8 Å². The van der Waals surface area contributed by atoms with E-state index >= 15 is 0 Å². The number of hydrogen-bond donors (Lipinski definition) is 2. The van der Waals surface area contributed by atoms with E-state index in [-0.39, 0.29) is 37.3 Å². The molecule has 0 aromatic heterocycles. The fourth-order valence-electron chi connectivity index (χ4n) is 5.15. The number of nitrogens with zero attached hydrogens (tertiary/aromatic N) is 1. The Labute approximate surface area is 244 Å². The van der Waals surface area contributed by atoms with Crippen LogP contribution >= 0.6 is 0 Å². The topological polar surface area (TPSA) is 115 Å². The first kappa shape index (κ1) is 28.9. The van der Waals surface area contributed by atoms with Gasteiger partial charge in [-0.3, -0.25) is 14.4 Å². The molecule has 3 aromatic rings. The van der Waals surface area contributed by atoms with Crippen molar-refractivity contribution in [3.63, 3.8) is 0 Å². The van der Waals surface area contributed by atoms with E-state index in [0.717, 1.165) is 22.3 Å². The molecule has 6 rings (SSSR count). The van der Waals surface area contributed by atoms with Crippen LogP contribution in [0.15, 0.2) is 60.7 Å². The summed E-state index contributed by atoms with van der Waals surface area (Å²) in [7, 11) is 3.09. The quantitative estimate of drug-likeness (QED) is 0.493. The van der Waals surface area contributed by atoms with Crippen LogP contribution in [0.5, 0.6) is 17.2 Å². The van der Waals surface area contributed by atoms with Gasteiger partial charge in [-0.2, -0.15) is 0 Å². The maximum atomic E-state index is 13.6. The molecule has 1 saturated heterocycles. The summed E-state index contributed by atoms with van der Waals surface area (Å²) >= 11 is 0. The second-order valence-electron chi connectivity index (χ2n) is 10.4. The van der Waals surface area contributed by atoms with Crippen LogP contribution in [0.1, 0.15) is 27.9 Å². The van der Waals surface area contributed by atoms with Crippen molar-refractivity contribution in [3.05, 3.63) is 77.4 Å². The first-order valence-corrected chi connectivity index (χ1v) is 13.9. The predicted octanol–water partition coefficient (Wildman–Crippen LogP) is 3.10. The molecule has 2 N–H and O–H groups in total. The Morgan fingerprint density at radius 2 is 1.88 bits per heavy atom. The number of amides is 3. The molecule has 3 amide bonds. The lowest BCUT2D eigenvalue weighted by Gasteiger charge is -2.23. The molecule has 10 nitrogen and oxygen atoms in total. The molecule has 0 radical (unpaired) electrons. The predicted molar refractivity (Wildman–Crippen MR) is 156 cm³/mol. The van der Waals surface area contributed by atoms with Crippen molar-refractivity contribution >= 4 is 17.7 Å². The van der Waals surface area contributed by atoms with Crippen LogP contribution in [0.3, 0.4) is 0 Å². The summed E-state index contributed by atoms with van der Waals surface area (Å²) in [4.78, 5) is 40.7. The van der Waals surface area contributed by atoms with Crippen LogP contribution < -0.4 is 24.8 Å². The third-order valence-corrected chi connectivity index (χ3v) is 7.47. The molecular formula is C32H35N3O7. The molecular weight excluding hydrogens is 538 g/mol. The average Bonchev–Trinajstić information content (AvgIpc) is 3.40. The Morgan fingerprint density at radius 1 is 1.02 bits per heavy atom. The van der Waals surface area contributed by atoms with Gasteiger partial charge in [0.2, 0.25) is 5.91 Å². The molecule has 6 bridgehead atoms. The van der Waals surface area contributed by atoms with Gasteiger partial charge in [-0.05, 0) is 65.6 Å². The van der Waals surface area contributed by atoms with Gasteiger partial charge in [0.15, 0.2) is 18.1 Å². The Morgan fingerprint density at radius 3 is 2.69 bits per heavy atom. The molecule has 3 aliphatic rings. The van der Waals surface area contributed by atoms with Gasteiger partial charge in [-0.1, -0.05) is 24.3 Å². The molecule has 3 heterocycles. The fraction of sp³-hybridized carbons (Fsp3) is 0.344. The summed E-state index contributed by atoms with van der Waals surface area (Å²) in [6.07, 6.45) is -0.290. The number of fused-ring (bicyclic) bond motifs is 7. The van der Waals surface area contributed by atoms with Crippen LogP contribution in [0.2, 0.25) is 0 Å². The second-order valence-corrected chi connectivity index (χ2v) is 10.4. The number of aryl methyl sites for hydroxylation is 1. The van der Waals surface area contributed by atoms with Crippen molar-refractivity contribution in [2.45, 2.75) is 32.0 Å². The summed E-state index contributed by atoms with van der Waals surface area (Å²) in [5.74, 6) is 0.864. The van der Waals surface area contributed by atoms with Crippen LogP contribution in [0, 0.1) is 6.92 Å². The van der Waals surface area contributed by atoms with E-state index in [1.54, 1.807) is 36.3 Å². The van der Waals surface area contributed by atoms with Crippen molar-refractivity contribution < 1.29 is 33.3 Å². The van der Waals surface area contributed by atoms with Crippen LogP contribution in [0.25, 0.3) is 11.1 Å². The number of hydrogen-bond acceptors (Lipinski definition) is 7. The van der Waals surface area contributed by atoms with Crippen molar-refractivity contribution in [1.29, 1.82) is 0 Å². The third kappa shape index (κ3) is 6.66. The molecule has 1 fully saturated rings. The standard InChI is InChI=1S/C32H35N3O7/c1-20-7-9-23-15-25(20)22-5-4-6-24(14-22)41-19-30(36)33-16-21-8-10-27(28(13-21)40-3)42-29-18-35(31(37)11-12-39-2)17-26(29)34-32(23)38/h4-10,13-15,26,29H,11-12,16-19H2,1-3H3,(H,33,36)(H,34,38)/t26-,29-/m0/s1. The maximum absolute atomic E-state index is 13.6. The minimum Gasteiger partial charge on any atom is -0.493 e. The number of ether oxygens (including phenoxy) is 4. The van der Waals surface area contributed by atoms with Crippen molar-refractivity contribution in [3.8, 4) is 28.4 Å². The zero-order valence-corrected chi connectivity index (χ0v) is 24.0. The maximum Gasteiger partial charge on any atom is 0.258 e. The summed E-state index contributed by atoms with van der Waals surface area (Å²) in [6, 6.07) is 17.8. The molecule has 0 saturated carbocycles. The van der Waals surface area contributed by atoms with Gasteiger partial charge in [-0.15, -0.1) is 0 Å². The number of carbonyl (C=O) groups is 3. The van der Waals surface area contributed by atoms with E-state index in [0.29, 0.717) is 42.5 Å². The number of benzene rings is 3. The summed E-state index contributed by atoms with van der Waals surface area (Å²) in [6.45, 7) is 2.99. The highest BCUT2D eigenvalue weighted by Gasteiger charge is 2.38. The normalized spacial score (nSPS) is 18.7. The minimum atomic E-state index is -0.524. The lowest BCUT2D eigenvalue weighted by atomic mass is 9.97. The highest BCUT2D eigenvalue weighted by Crippen LogP contribution is 2.32. The first-order chi connectivity index (χ1) is 20.3. The summed E-state index contributed by atoms with van der Waals surface area (Å²) < 4.78 is 22.8. The molecule has 2 atom stereocenters. The Kier molecular flexibility index (Phi) is 8.92. The largest absolute Gasteiger partial charge is 0.493 e. The second kappa shape index (κ2) is 12.9. The van der Waals surface area contributed by atoms with E-state index in [2.05, 4.69) is 10.6 Å². The molecule has 0 spiro atoms. The Hall–Kier alpha value is -4.57. The summed E-state index contributed by atoms with van der Waals surface area (Å²) in [5, 5.41) is 5.98. The summed E-state index contributed by atoms with van der Waals surface area (Å²) in [5.41, 5.74) is 3.99. The first-order valence-electron chi connectivity index (χ1n) is 13.9. The molecule has 220 valence electrons. The smallest absolute Gasteiger partial charge is 0.258 e. The minimum absolute atomic E-state index is 0.0782. The van der Waals surface area contributed by atoms with Crippen molar-refractivity contribution in [2.75, 3.05) is 40.5 Å². The van der Waals surface area contributed by atoms with Crippen molar-refractivity contribution in [2.24, 2.45) is 0 Å². The number of likely N-dealkylation sites (tertiary alicyclic amines) is 1. The molecule has 0 unspecified atom stereocenters. The van der Waals surface area contributed by atoms with Crippen LogP contribution in [-0.2, 0) is 20.9 Å². The Balaban J connectivity index is 1.50. The van der Waals surface area contributed by atoms with Gasteiger partial charge < -0.3 is 34.5 Å². The molecule has 42 heavy (non-hydrogen) atoms. The highest BCUT2D eigenvalue weighted by molar-refractivity contribution is 5.96. The molecule has 3 aliphatic heterocycles. The fourth-order valence-corrected chi connectivity index (χ4v) is 5.15.